The van der Waals surface area contributed by atoms with Crippen molar-refractivity contribution in [2.24, 2.45) is 0 Å². The second kappa shape index (κ2) is 10.2. The first-order valence-corrected chi connectivity index (χ1v) is 8.25. The van der Waals surface area contributed by atoms with Crippen molar-refractivity contribution in [3.63, 3.8) is 0 Å². The summed E-state index contributed by atoms with van der Waals surface area (Å²) in [7, 11) is 0. The molecular weight excluding hydrogens is 236 g/mol. The number of unbranched alkanes of at least 4 members (excludes halogenated alkanes) is 2. The highest BCUT2D eigenvalue weighted by Gasteiger charge is 2.14. The molecule has 0 saturated heterocycles. The zero-order chi connectivity index (χ0) is 13.9. The third-order valence-electron chi connectivity index (χ3n) is 4.07. The van der Waals surface area contributed by atoms with Crippen molar-refractivity contribution in [2.45, 2.75) is 90.1 Å². The van der Waals surface area contributed by atoms with Gasteiger partial charge in [-0.05, 0) is 26.2 Å². The third-order valence-corrected chi connectivity index (χ3v) is 4.07. The summed E-state index contributed by atoms with van der Waals surface area (Å²) < 4.78 is 0. The molecule has 1 rings (SSSR count). The van der Waals surface area contributed by atoms with Gasteiger partial charge in [-0.3, -0.25) is 4.79 Å². The number of carbonyl (C=O) groups is 1. The number of amides is 1. The van der Waals surface area contributed by atoms with Crippen LogP contribution in [0.1, 0.15) is 78.1 Å². The van der Waals surface area contributed by atoms with E-state index in [1.54, 1.807) is 0 Å². The number of hydrogen-bond donors (Lipinski definition) is 2. The van der Waals surface area contributed by atoms with Gasteiger partial charge in [-0.15, -0.1) is 0 Å². The minimum absolute atomic E-state index is 0.175. The van der Waals surface area contributed by atoms with Crippen LogP contribution in [0.2, 0.25) is 0 Å². The Hall–Kier alpha value is -0.570. The lowest BCUT2D eigenvalue weighted by molar-refractivity contribution is -0.121. The quantitative estimate of drug-likeness (QED) is 0.523. The maximum absolute atomic E-state index is 11.9. The van der Waals surface area contributed by atoms with E-state index in [0.717, 1.165) is 12.8 Å². The van der Waals surface area contributed by atoms with Crippen LogP contribution < -0.4 is 10.6 Å². The van der Waals surface area contributed by atoms with Crippen LogP contribution in [0, 0.1) is 0 Å². The normalized spacial score (nSPS) is 18.8. The Morgan fingerprint density at radius 3 is 2.47 bits per heavy atom. The van der Waals surface area contributed by atoms with Crippen LogP contribution in [-0.4, -0.2) is 24.5 Å². The Bertz CT molecular complexity index is 235. The summed E-state index contributed by atoms with van der Waals surface area (Å²) in [4.78, 5) is 11.9. The fourth-order valence-electron chi connectivity index (χ4n) is 2.77. The largest absolute Gasteiger partial charge is 0.352 e. The van der Waals surface area contributed by atoms with E-state index in [-0.39, 0.29) is 5.91 Å². The molecule has 0 aliphatic heterocycles. The summed E-state index contributed by atoms with van der Waals surface area (Å²) in [6.07, 6.45) is 12.5. The first-order valence-electron chi connectivity index (χ1n) is 8.25. The highest BCUT2D eigenvalue weighted by Crippen LogP contribution is 2.16. The molecule has 1 fully saturated rings. The molecule has 0 aromatic carbocycles. The van der Waals surface area contributed by atoms with E-state index < -0.39 is 0 Å². The molecule has 1 aliphatic rings. The number of rotatable bonds is 8. The molecule has 3 nitrogen and oxygen atoms in total. The highest BCUT2D eigenvalue weighted by atomic mass is 16.1. The van der Waals surface area contributed by atoms with Crippen molar-refractivity contribution < 1.29 is 4.79 Å². The Labute approximate surface area is 118 Å². The van der Waals surface area contributed by atoms with Gasteiger partial charge in [-0.1, -0.05) is 51.9 Å². The lowest BCUT2D eigenvalue weighted by Crippen LogP contribution is -2.42. The van der Waals surface area contributed by atoms with Gasteiger partial charge in [0.25, 0.3) is 0 Å². The van der Waals surface area contributed by atoms with Crippen LogP contribution in [0.3, 0.4) is 0 Å². The molecule has 0 spiro atoms. The van der Waals surface area contributed by atoms with Crippen LogP contribution in [0.25, 0.3) is 0 Å². The van der Waals surface area contributed by atoms with Crippen molar-refractivity contribution in [1.29, 1.82) is 0 Å². The lowest BCUT2D eigenvalue weighted by Gasteiger charge is -2.18. The molecule has 2 N–H and O–H groups in total. The van der Waals surface area contributed by atoms with Crippen LogP contribution in [0.15, 0.2) is 0 Å². The maximum Gasteiger partial charge on any atom is 0.234 e. The van der Waals surface area contributed by atoms with Gasteiger partial charge in [0.05, 0.1) is 6.54 Å². The fraction of sp³-hybridized carbons (Fsp3) is 0.938. The van der Waals surface area contributed by atoms with Gasteiger partial charge in [-0.25, -0.2) is 0 Å². The summed E-state index contributed by atoms with van der Waals surface area (Å²) in [6, 6.07) is 0.874. The van der Waals surface area contributed by atoms with Gasteiger partial charge in [0.15, 0.2) is 0 Å². The van der Waals surface area contributed by atoms with Crippen LogP contribution in [-0.2, 0) is 4.79 Å². The fourth-order valence-corrected chi connectivity index (χ4v) is 2.77. The van der Waals surface area contributed by atoms with E-state index >= 15 is 0 Å². The summed E-state index contributed by atoms with van der Waals surface area (Å²) in [5.41, 5.74) is 0. The monoisotopic (exact) mass is 268 g/mol. The van der Waals surface area contributed by atoms with E-state index in [4.69, 9.17) is 0 Å². The molecule has 0 heterocycles. The maximum atomic E-state index is 11.9. The molecule has 1 saturated carbocycles. The first kappa shape index (κ1) is 16.5. The molecule has 3 heteroatoms. The molecule has 112 valence electrons. The smallest absolute Gasteiger partial charge is 0.234 e. The number of carbonyl (C=O) groups excluding carboxylic acids is 1. The molecule has 0 bridgehead atoms. The van der Waals surface area contributed by atoms with E-state index in [9.17, 15) is 4.79 Å². The summed E-state index contributed by atoms with van der Waals surface area (Å²) in [5.74, 6) is 0.175. The van der Waals surface area contributed by atoms with Gasteiger partial charge in [-0.2, -0.15) is 0 Å². The molecule has 0 aromatic rings. The molecular formula is C16H32N2O. The van der Waals surface area contributed by atoms with Crippen LogP contribution in [0.5, 0.6) is 0 Å². The minimum atomic E-state index is 0.175. The van der Waals surface area contributed by atoms with Crippen molar-refractivity contribution in [3.8, 4) is 0 Å². The Balaban J connectivity index is 2.09. The summed E-state index contributed by atoms with van der Waals surface area (Å²) in [5, 5.41) is 6.51. The van der Waals surface area contributed by atoms with E-state index in [1.807, 2.05) is 0 Å². The lowest BCUT2D eigenvalue weighted by atomic mass is 10.1. The standard InChI is InChI=1S/C16H32N2O/c1-3-4-7-10-14(2)17-13-16(19)18-15-11-8-5-6-9-12-15/h14-15,17H,3-13H2,1-2H3,(H,18,19). The molecule has 1 atom stereocenters. The van der Waals surface area contributed by atoms with Gasteiger partial charge >= 0.3 is 0 Å². The van der Waals surface area contributed by atoms with Gasteiger partial charge in [0, 0.05) is 12.1 Å². The highest BCUT2D eigenvalue weighted by molar-refractivity contribution is 5.78. The zero-order valence-corrected chi connectivity index (χ0v) is 12.8. The predicted octanol–water partition coefficient (Wildman–Crippen LogP) is 3.38. The van der Waals surface area contributed by atoms with Crippen molar-refractivity contribution in [2.75, 3.05) is 6.54 Å². The topological polar surface area (TPSA) is 41.1 Å². The van der Waals surface area contributed by atoms with Gasteiger partial charge in [0.1, 0.15) is 0 Å². The average molecular weight is 268 g/mol. The third kappa shape index (κ3) is 8.25. The van der Waals surface area contributed by atoms with Crippen LogP contribution >= 0.6 is 0 Å². The van der Waals surface area contributed by atoms with E-state index in [0.29, 0.717) is 18.6 Å². The van der Waals surface area contributed by atoms with Crippen molar-refractivity contribution >= 4 is 5.91 Å². The first-order chi connectivity index (χ1) is 9.22. The minimum Gasteiger partial charge on any atom is -0.352 e. The molecule has 0 radical (unpaired) electrons. The molecule has 0 aromatic heterocycles. The number of nitrogens with one attached hydrogen (secondary N) is 2. The van der Waals surface area contributed by atoms with E-state index in [1.165, 1.54) is 51.4 Å². The van der Waals surface area contributed by atoms with Crippen molar-refractivity contribution in [3.05, 3.63) is 0 Å². The second-order valence-corrected chi connectivity index (χ2v) is 6.03. The SMILES string of the molecule is CCCCCC(C)NCC(=O)NC1CCCCCC1. The summed E-state index contributed by atoms with van der Waals surface area (Å²) >= 11 is 0. The Kier molecular flexibility index (Phi) is 8.89. The van der Waals surface area contributed by atoms with Crippen molar-refractivity contribution in [1.82, 2.24) is 10.6 Å². The zero-order valence-electron chi connectivity index (χ0n) is 12.8. The summed E-state index contributed by atoms with van der Waals surface area (Å²) in [6.45, 7) is 4.87. The van der Waals surface area contributed by atoms with Gasteiger partial charge in [0.2, 0.25) is 5.91 Å². The Morgan fingerprint density at radius 1 is 1.16 bits per heavy atom. The number of hydrogen-bond acceptors (Lipinski definition) is 2. The molecule has 1 unspecified atom stereocenters. The average Bonchev–Trinajstić information content (AvgIpc) is 2.65. The molecule has 19 heavy (non-hydrogen) atoms. The van der Waals surface area contributed by atoms with Crippen LogP contribution in [0.4, 0.5) is 0 Å². The molecule has 1 aliphatic carbocycles. The predicted molar refractivity (Wildman–Crippen MR) is 81.2 cm³/mol. The van der Waals surface area contributed by atoms with E-state index in [2.05, 4.69) is 24.5 Å². The second-order valence-electron chi connectivity index (χ2n) is 6.03. The van der Waals surface area contributed by atoms with Gasteiger partial charge < -0.3 is 10.6 Å². The Morgan fingerprint density at radius 2 is 1.84 bits per heavy atom. The molecule has 1 amide bonds.